The van der Waals surface area contributed by atoms with Crippen molar-refractivity contribution in [3.05, 3.63) is 52.3 Å². The lowest BCUT2D eigenvalue weighted by molar-refractivity contribution is -0.129. The van der Waals surface area contributed by atoms with E-state index in [-0.39, 0.29) is 24.5 Å². The third-order valence-electron chi connectivity index (χ3n) is 5.91. The summed E-state index contributed by atoms with van der Waals surface area (Å²) in [6.45, 7) is 3.16. The van der Waals surface area contributed by atoms with Gasteiger partial charge in [-0.3, -0.25) is 14.5 Å². The first-order valence-corrected chi connectivity index (χ1v) is 11.4. The molecule has 1 unspecified atom stereocenters. The predicted octanol–water partition coefficient (Wildman–Crippen LogP) is 2.66. The molecule has 0 saturated carbocycles. The van der Waals surface area contributed by atoms with Crippen molar-refractivity contribution < 1.29 is 14.3 Å². The lowest BCUT2D eigenvalue weighted by Gasteiger charge is -2.35. The number of likely N-dealkylation sites (tertiary alicyclic amines) is 2. The van der Waals surface area contributed by atoms with Gasteiger partial charge in [0.15, 0.2) is 0 Å². The molecule has 1 N–H and O–H groups in total. The van der Waals surface area contributed by atoms with Crippen LogP contribution in [0.25, 0.3) is 0 Å². The van der Waals surface area contributed by atoms with Gasteiger partial charge in [0.25, 0.3) is 5.91 Å². The quantitative estimate of drug-likeness (QED) is 0.687. The molecule has 2 aliphatic heterocycles. The normalized spacial score (nSPS) is 19.7. The first kappa shape index (κ1) is 22.8. The molecule has 2 fully saturated rings. The number of rotatable bonds is 6. The van der Waals surface area contributed by atoms with Crippen molar-refractivity contribution in [1.29, 1.82) is 0 Å². The summed E-state index contributed by atoms with van der Waals surface area (Å²) < 4.78 is 5.86. The lowest BCUT2D eigenvalue weighted by Crippen LogP contribution is -2.46. The summed E-state index contributed by atoms with van der Waals surface area (Å²) in [6, 6.07) is 7.16. The molecule has 2 amide bonds. The Hall–Kier alpha value is -2.42. The number of piperidine rings is 1. The number of aromatic nitrogens is 2. The van der Waals surface area contributed by atoms with Crippen molar-refractivity contribution in [2.75, 3.05) is 32.7 Å². The fraction of sp³-hybridized carbons (Fsp3) is 0.455. The molecule has 10 heteroatoms. The lowest BCUT2D eigenvalue weighted by atomic mass is 10.1. The third-order valence-corrected chi connectivity index (χ3v) is 6.64. The first-order chi connectivity index (χ1) is 15.5. The van der Waals surface area contributed by atoms with Gasteiger partial charge in [0.2, 0.25) is 5.91 Å². The molecule has 2 aromatic rings. The molecule has 3 heterocycles. The highest BCUT2D eigenvalue weighted by Gasteiger charge is 2.33. The molecule has 0 radical (unpaired) electrons. The van der Waals surface area contributed by atoms with E-state index in [2.05, 4.69) is 20.2 Å². The highest BCUT2D eigenvalue weighted by atomic mass is 35.5. The summed E-state index contributed by atoms with van der Waals surface area (Å²) in [5.41, 5.74) is 0.373. The second-order valence-electron chi connectivity index (χ2n) is 7.98. The Kier molecular flexibility index (Phi) is 7.44. The second kappa shape index (κ2) is 10.5. The van der Waals surface area contributed by atoms with E-state index in [0.717, 1.165) is 32.4 Å². The van der Waals surface area contributed by atoms with Gasteiger partial charge in [-0.05, 0) is 43.5 Å². The number of hydrogen-bond donors (Lipinski definition) is 1. The summed E-state index contributed by atoms with van der Waals surface area (Å²) in [6.07, 6.45) is 6.21. The van der Waals surface area contributed by atoms with Crippen LogP contribution in [0, 0.1) is 0 Å². The molecule has 32 heavy (non-hydrogen) atoms. The highest BCUT2D eigenvalue weighted by Crippen LogP contribution is 2.23. The topological polar surface area (TPSA) is 87.7 Å². The molecule has 0 aliphatic carbocycles. The minimum absolute atomic E-state index is 0.0429. The minimum Gasteiger partial charge on any atom is -0.460 e. The standard InChI is InChI=1S/C22H25Cl2N5O3/c23-18-3-2-15(12-19(18)24)21(31)27-13-20(30)29-9-4-16(14-29)28-10-5-17(6-11-28)32-22-25-7-1-8-26-22/h1-3,7-8,12,16-17H,4-6,9-11,13-14H2,(H,27,31). The first-order valence-electron chi connectivity index (χ1n) is 10.7. The number of carbonyl (C=O) groups is 2. The van der Waals surface area contributed by atoms with Crippen LogP contribution in [0.15, 0.2) is 36.7 Å². The fourth-order valence-corrected chi connectivity index (χ4v) is 4.43. The Labute approximate surface area is 196 Å². The second-order valence-corrected chi connectivity index (χ2v) is 8.79. The zero-order chi connectivity index (χ0) is 22.5. The predicted molar refractivity (Wildman–Crippen MR) is 121 cm³/mol. The maximum absolute atomic E-state index is 12.6. The number of hydrogen-bond acceptors (Lipinski definition) is 6. The van der Waals surface area contributed by atoms with Crippen LogP contribution >= 0.6 is 23.2 Å². The van der Waals surface area contributed by atoms with Crippen molar-refractivity contribution in [2.45, 2.75) is 31.4 Å². The molecule has 1 aromatic carbocycles. The van der Waals surface area contributed by atoms with Crippen LogP contribution in [0.5, 0.6) is 6.01 Å². The van der Waals surface area contributed by atoms with E-state index in [4.69, 9.17) is 27.9 Å². The number of halogens is 2. The molecular formula is C22H25Cl2N5O3. The molecule has 0 bridgehead atoms. The van der Waals surface area contributed by atoms with Crippen molar-refractivity contribution in [3.63, 3.8) is 0 Å². The van der Waals surface area contributed by atoms with Crippen molar-refractivity contribution in [3.8, 4) is 6.01 Å². The summed E-state index contributed by atoms with van der Waals surface area (Å²) in [5.74, 6) is -0.433. The van der Waals surface area contributed by atoms with Crippen LogP contribution < -0.4 is 10.1 Å². The van der Waals surface area contributed by atoms with Crippen LogP contribution in [-0.2, 0) is 4.79 Å². The number of carbonyl (C=O) groups excluding carboxylic acids is 2. The number of benzene rings is 1. The Balaban J connectivity index is 1.20. The molecule has 1 atom stereocenters. The van der Waals surface area contributed by atoms with Gasteiger partial charge in [0, 0.05) is 50.2 Å². The van der Waals surface area contributed by atoms with Crippen LogP contribution in [0.2, 0.25) is 10.0 Å². The van der Waals surface area contributed by atoms with Gasteiger partial charge >= 0.3 is 6.01 Å². The SMILES string of the molecule is O=C(NCC(=O)N1CCC(N2CCC(Oc3ncccn3)CC2)C1)c1ccc(Cl)c(Cl)c1. The van der Waals surface area contributed by atoms with E-state index in [9.17, 15) is 9.59 Å². The van der Waals surface area contributed by atoms with Gasteiger partial charge in [0.1, 0.15) is 6.10 Å². The summed E-state index contributed by atoms with van der Waals surface area (Å²) in [4.78, 5) is 37.4. The van der Waals surface area contributed by atoms with Crippen LogP contribution in [0.4, 0.5) is 0 Å². The highest BCUT2D eigenvalue weighted by molar-refractivity contribution is 6.42. The van der Waals surface area contributed by atoms with Gasteiger partial charge < -0.3 is 15.0 Å². The summed E-state index contributed by atoms with van der Waals surface area (Å²) >= 11 is 11.8. The number of nitrogens with zero attached hydrogens (tertiary/aromatic N) is 4. The molecular weight excluding hydrogens is 453 g/mol. The van der Waals surface area contributed by atoms with E-state index in [0.29, 0.717) is 40.8 Å². The van der Waals surface area contributed by atoms with Gasteiger partial charge in [0.05, 0.1) is 16.6 Å². The van der Waals surface area contributed by atoms with Crippen LogP contribution in [-0.4, -0.2) is 76.5 Å². The van der Waals surface area contributed by atoms with E-state index < -0.39 is 0 Å². The van der Waals surface area contributed by atoms with Crippen molar-refractivity contribution in [1.82, 2.24) is 25.1 Å². The zero-order valence-electron chi connectivity index (χ0n) is 17.5. The number of ether oxygens (including phenoxy) is 1. The summed E-state index contributed by atoms with van der Waals surface area (Å²) in [5, 5.41) is 3.36. The van der Waals surface area contributed by atoms with Crippen LogP contribution in [0.1, 0.15) is 29.6 Å². The maximum atomic E-state index is 12.6. The van der Waals surface area contributed by atoms with Gasteiger partial charge in [-0.2, -0.15) is 0 Å². The van der Waals surface area contributed by atoms with E-state index in [1.54, 1.807) is 30.6 Å². The van der Waals surface area contributed by atoms with E-state index in [1.165, 1.54) is 6.07 Å². The molecule has 2 saturated heterocycles. The average molecular weight is 478 g/mol. The molecule has 2 aliphatic rings. The molecule has 1 aromatic heterocycles. The Bertz CT molecular complexity index is 954. The molecule has 4 rings (SSSR count). The molecule has 170 valence electrons. The minimum atomic E-state index is -0.350. The van der Waals surface area contributed by atoms with Crippen LogP contribution in [0.3, 0.4) is 0 Å². The molecule has 8 nitrogen and oxygen atoms in total. The zero-order valence-corrected chi connectivity index (χ0v) is 19.1. The van der Waals surface area contributed by atoms with Gasteiger partial charge in [-0.25, -0.2) is 9.97 Å². The third kappa shape index (κ3) is 5.68. The Morgan fingerprint density at radius 1 is 1.06 bits per heavy atom. The molecule has 0 spiro atoms. The smallest absolute Gasteiger partial charge is 0.316 e. The van der Waals surface area contributed by atoms with E-state index in [1.807, 2.05) is 4.90 Å². The van der Waals surface area contributed by atoms with Gasteiger partial charge in [-0.1, -0.05) is 23.2 Å². The fourth-order valence-electron chi connectivity index (χ4n) is 4.13. The number of amides is 2. The Morgan fingerprint density at radius 2 is 1.81 bits per heavy atom. The monoisotopic (exact) mass is 477 g/mol. The Morgan fingerprint density at radius 3 is 2.53 bits per heavy atom. The van der Waals surface area contributed by atoms with Gasteiger partial charge in [-0.15, -0.1) is 0 Å². The van der Waals surface area contributed by atoms with E-state index >= 15 is 0 Å². The van der Waals surface area contributed by atoms with Crippen molar-refractivity contribution in [2.24, 2.45) is 0 Å². The maximum Gasteiger partial charge on any atom is 0.316 e. The van der Waals surface area contributed by atoms with Crippen molar-refractivity contribution >= 4 is 35.0 Å². The largest absolute Gasteiger partial charge is 0.460 e. The summed E-state index contributed by atoms with van der Waals surface area (Å²) in [7, 11) is 0. The number of nitrogens with one attached hydrogen (secondary N) is 1. The average Bonchev–Trinajstić information content (AvgIpc) is 3.31.